The Morgan fingerprint density at radius 2 is 1.92 bits per heavy atom. The van der Waals surface area contributed by atoms with Crippen LogP contribution < -0.4 is 16.0 Å². The number of rotatable bonds is 6. The van der Waals surface area contributed by atoms with Crippen molar-refractivity contribution in [2.45, 2.75) is 45.8 Å². The first kappa shape index (κ1) is 21.5. The van der Waals surface area contributed by atoms with E-state index in [9.17, 15) is 18.0 Å². The number of alkyl halides is 3. The molecule has 1 atom stereocenters. The summed E-state index contributed by atoms with van der Waals surface area (Å²) in [5.41, 5.74) is -0.315. The van der Waals surface area contributed by atoms with E-state index in [-0.39, 0.29) is 23.9 Å². The van der Waals surface area contributed by atoms with Crippen LogP contribution in [0, 0.1) is 5.92 Å². The third kappa shape index (κ3) is 10.2. The van der Waals surface area contributed by atoms with Crippen LogP contribution >= 0.6 is 0 Å². The third-order valence-electron chi connectivity index (χ3n) is 3.57. The Balaban J connectivity index is 2.43. The zero-order valence-electron chi connectivity index (χ0n) is 15.5. The van der Waals surface area contributed by atoms with Gasteiger partial charge in [0.15, 0.2) is 5.96 Å². The van der Waals surface area contributed by atoms with Crippen LogP contribution in [0.5, 0.6) is 0 Å². The number of aliphatic imine (C=N–C) groups is 1. The molecule has 0 spiro atoms. The van der Waals surface area contributed by atoms with Crippen LogP contribution in [0.4, 0.5) is 13.2 Å². The first-order valence-corrected chi connectivity index (χ1v) is 8.61. The molecule has 1 rings (SSSR count). The Morgan fingerprint density at radius 1 is 1.24 bits per heavy atom. The highest BCUT2D eigenvalue weighted by Gasteiger charge is 2.34. The molecule has 1 fully saturated rings. The van der Waals surface area contributed by atoms with Crippen molar-refractivity contribution < 1.29 is 18.0 Å². The molecule has 1 aliphatic rings. The second kappa shape index (κ2) is 9.26. The summed E-state index contributed by atoms with van der Waals surface area (Å²) >= 11 is 0. The summed E-state index contributed by atoms with van der Waals surface area (Å²) in [7, 11) is 0. The highest BCUT2D eigenvalue weighted by molar-refractivity contribution is 5.85. The van der Waals surface area contributed by atoms with Crippen molar-refractivity contribution in [3.05, 3.63) is 0 Å². The van der Waals surface area contributed by atoms with Gasteiger partial charge in [0.25, 0.3) is 0 Å². The predicted molar refractivity (Wildman–Crippen MR) is 92.5 cm³/mol. The van der Waals surface area contributed by atoms with E-state index < -0.39 is 12.7 Å². The van der Waals surface area contributed by atoms with Gasteiger partial charge >= 0.3 is 6.18 Å². The second-order valence-corrected chi connectivity index (χ2v) is 7.38. The van der Waals surface area contributed by atoms with Crippen LogP contribution in [0.2, 0.25) is 0 Å². The number of carbonyl (C=O) groups excluding carboxylic acids is 1. The lowest BCUT2D eigenvalue weighted by Gasteiger charge is -2.20. The average molecular weight is 365 g/mol. The summed E-state index contributed by atoms with van der Waals surface area (Å²) in [6.45, 7) is 8.76. The fourth-order valence-electron chi connectivity index (χ4n) is 2.67. The minimum Gasteiger partial charge on any atom is -0.357 e. The smallest absolute Gasteiger partial charge is 0.357 e. The van der Waals surface area contributed by atoms with Gasteiger partial charge in [-0.05, 0) is 46.6 Å². The Hall–Kier alpha value is -1.51. The lowest BCUT2D eigenvalue weighted by Crippen LogP contribution is -2.44. The number of halogens is 3. The highest BCUT2D eigenvalue weighted by atomic mass is 19.4. The number of nitrogens with zero attached hydrogens (tertiary/aromatic N) is 2. The van der Waals surface area contributed by atoms with Crippen LogP contribution in [0.25, 0.3) is 0 Å². The summed E-state index contributed by atoms with van der Waals surface area (Å²) in [6.07, 6.45) is -3.44. The van der Waals surface area contributed by atoms with Crippen LogP contribution in [-0.2, 0) is 4.79 Å². The molecule has 0 aromatic carbocycles. The quantitative estimate of drug-likeness (QED) is 0.491. The first-order valence-electron chi connectivity index (χ1n) is 8.61. The van der Waals surface area contributed by atoms with E-state index in [1.165, 1.54) is 4.90 Å². The normalized spacial score (nSPS) is 19.8. The number of guanidine groups is 1. The van der Waals surface area contributed by atoms with E-state index in [0.717, 1.165) is 0 Å². The van der Waals surface area contributed by atoms with E-state index in [4.69, 9.17) is 0 Å². The lowest BCUT2D eigenvalue weighted by atomic mass is 10.1. The fraction of sp³-hybridized carbons (Fsp3) is 0.875. The third-order valence-corrected chi connectivity index (χ3v) is 3.57. The molecule has 0 radical (unpaired) electrons. The molecule has 0 saturated carbocycles. The molecule has 1 saturated heterocycles. The van der Waals surface area contributed by atoms with Crippen molar-refractivity contribution in [2.24, 2.45) is 10.9 Å². The van der Waals surface area contributed by atoms with Crippen LogP contribution in [0.1, 0.15) is 34.1 Å². The number of hydrogen-bond acceptors (Lipinski definition) is 3. The molecule has 3 N–H and O–H groups in total. The van der Waals surface area contributed by atoms with Crippen molar-refractivity contribution in [3.8, 4) is 0 Å². The molecule has 1 aliphatic heterocycles. The number of nitrogens with one attached hydrogen (secondary N) is 3. The Bertz CT molecular complexity index is 460. The zero-order valence-corrected chi connectivity index (χ0v) is 15.5. The standard InChI is InChI=1S/C16H30F3N5O/c1-5-20-14(22-9-13(25)23-15(2,3)4)21-8-12-6-7-24(10-12)11-16(17,18)19/h12H,5-11H2,1-4H3,(H,23,25)(H2,20,21,22). The average Bonchev–Trinajstić information content (AvgIpc) is 2.85. The van der Waals surface area contributed by atoms with Crippen molar-refractivity contribution >= 4 is 11.9 Å². The maximum absolute atomic E-state index is 12.4. The van der Waals surface area contributed by atoms with E-state index in [1.54, 1.807) is 0 Å². The minimum atomic E-state index is -4.15. The highest BCUT2D eigenvalue weighted by Crippen LogP contribution is 2.22. The molecule has 6 nitrogen and oxygen atoms in total. The van der Waals surface area contributed by atoms with E-state index in [1.807, 2.05) is 27.7 Å². The molecule has 1 amide bonds. The Labute approximate surface area is 147 Å². The fourth-order valence-corrected chi connectivity index (χ4v) is 2.67. The molecule has 25 heavy (non-hydrogen) atoms. The van der Waals surface area contributed by atoms with Crippen molar-refractivity contribution in [3.63, 3.8) is 0 Å². The zero-order chi connectivity index (χ0) is 19.1. The van der Waals surface area contributed by atoms with Crippen molar-refractivity contribution in [2.75, 3.05) is 39.3 Å². The molecular weight excluding hydrogens is 335 g/mol. The van der Waals surface area contributed by atoms with E-state index in [0.29, 0.717) is 38.6 Å². The summed E-state index contributed by atoms with van der Waals surface area (Å²) < 4.78 is 37.3. The topological polar surface area (TPSA) is 68.8 Å². The molecule has 0 aliphatic carbocycles. The lowest BCUT2D eigenvalue weighted by molar-refractivity contribution is -0.143. The summed E-state index contributed by atoms with van der Waals surface area (Å²) in [6, 6.07) is 0. The number of carbonyl (C=O) groups is 1. The molecule has 0 bridgehead atoms. The van der Waals surface area contributed by atoms with Gasteiger partial charge in [-0.15, -0.1) is 0 Å². The number of hydrogen-bond donors (Lipinski definition) is 3. The molecular formula is C16H30F3N5O. The molecule has 0 aromatic rings. The molecule has 9 heteroatoms. The maximum atomic E-state index is 12.4. The van der Waals surface area contributed by atoms with E-state index in [2.05, 4.69) is 20.9 Å². The predicted octanol–water partition coefficient (Wildman–Crippen LogP) is 1.34. The van der Waals surface area contributed by atoms with E-state index >= 15 is 0 Å². The maximum Gasteiger partial charge on any atom is 0.401 e. The largest absolute Gasteiger partial charge is 0.401 e. The van der Waals surface area contributed by atoms with Crippen LogP contribution in [0.3, 0.4) is 0 Å². The summed E-state index contributed by atoms with van der Waals surface area (Å²) in [5.74, 6) is 0.456. The minimum absolute atomic E-state index is 0.00251. The van der Waals surface area contributed by atoms with Crippen molar-refractivity contribution in [1.29, 1.82) is 0 Å². The second-order valence-electron chi connectivity index (χ2n) is 7.38. The molecule has 1 heterocycles. The van der Waals surface area contributed by atoms with Gasteiger partial charge in [0.05, 0.1) is 6.54 Å². The SMILES string of the molecule is CCNC(=NCC(=O)NC(C)(C)C)NCC1CCN(CC(F)(F)F)C1. The molecule has 1 unspecified atom stereocenters. The van der Waals surface area contributed by atoms with Gasteiger partial charge in [-0.3, -0.25) is 9.69 Å². The number of likely N-dealkylation sites (tertiary alicyclic amines) is 1. The Kier molecular flexibility index (Phi) is 7.98. The van der Waals surface area contributed by atoms with Crippen LogP contribution in [0.15, 0.2) is 4.99 Å². The van der Waals surface area contributed by atoms with Gasteiger partial charge < -0.3 is 16.0 Å². The van der Waals surface area contributed by atoms with Gasteiger partial charge in [-0.2, -0.15) is 13.2 Å². The van der Waals surface area contributed by atoms with Gasteiger partial charge in [-0.1, -0.05) is 0 Å². The van der Waals surface area contributed by atoms with Crippen molar-refractivity contribution in [1.82, 2.24) is 20.9 Å². The Morgan fingerprint density at radius 3 is 2.48 bits per heavy atom. The molecule has 0 aromatic heterocycles. The molecule has 146 valence electrons. The summed E-state index contributed by atoms with van der Waals surface area (Å²) in [4.78, 5) is 17.5. The van der Waals surface area contributed by atoms with Gasteiger partial charge in [0.1, 0.15) is 6.54 Å². The van der Waals surface area contributed by atoms with Crippen LogP contribution in [-0.4, -0.2) is 67.8 Å². The monoisotopic (exact) mass is 365 g/mol. The van der Waals surface area contributed by atoms with Gasteiger partial charge in [0.2, 0.25) is 5.91 Å². The summed E-state index contributed by atoms with van der Waals surface area (Å²) in [5, 5.41) is 8.98. The van der Waals surface area contributed by atoms with Gasteiger partial charge in [0, 0.05) is 25.2 Å². The van der Waals surface area contributed by atoms with Gasteiger partial charge in [-0.25, -0.2) is 4.99 Å². The number of amides is 1. The first-order chi connectivity index (χ1) is 11.5.